The Morgan fingerprint density at radius 3 is 2.32 bits per heavy atom. The highest BCUT2D eigenvalue weighted by molar-refractivity contribution is 5.82. The van der Waals surface area contributed by atoms with Crippen molar-refractivity contribution in [3.63, 3.8) is 0 Å². The van der Waals surface area contributed by atoms with Crippen molar-refractivity contribution in [1.29, 1.82) is 0 Å². The molecule has 0 amide bonds. The van der Waals surface area contributed by atoms with E-state index in [1.165, 1.54) is 32.1 Å². The number of carbonyl (C=O) groups excluding carboxylic acids is 1. The van der Waals surface area contributed by atoms with Crippen molar-refractivity contribution >= 4 is 5.97 Å². The first kappa shape index (κ1) is 18.2. The van der Waals surface area contributed by atoms with Gasteiger partial charge in [-0.1, -0.05) is 52.0 Å². The second-order valence-corrected chi connectivity index (χ2v) is 6.06. The van der Waals surface area contributed by atoms with E-state index in [4.69, 9.17) is 4.74 Å². The van der Waals surface area contributed by atoms with Gasteiger partial charge in [-0.3, -0.25) is 0 Å². The largest absolute Gasteiger partial charge is 0.463 e. The average molecular weight is 268 g/mol. The molecule has 19 heavy (non-hydrogen) atoms. The third-order valence-corrected chi connectivity index (χ3v) is 3.40. The zero-order valence-corrected chi connectivity index (χ0v) is 13.5. The van der Waals surface area contributed by atoms with Crippen LogP contribution in [-0.2, 0) is 9.53 Å². The number of allylic oxidation sites excluding steroid dienone is 1. The molecule has 0 aromatic heterocycles. The maximum atomic E-state index is 11.3. The number of carbonyl (C=O) groups is 1. The Morgan fingerprint density at radius 2 is 1.74 bits per heavy atom. The van der Waals surface area contributed by atoms with Crippen molar-refractivity contribution in [2.75, 3.05) is 6.61 Å². The van der Waals surface area contributed by atoms with Crippen LogP contribution in [0.3, 0.4) is 0 Å². The van der Waals surface area contributed by atoms with Gasteiger partial charge in [0.05, 0.1) is 6.61 Å². The van der Waals surface area contributed by atoms with Crippen LogP contribution >= 0.6 is 0 Å². The lowest BCUT2D eigenvalue weighted by molar-refractivity contribution is -0.137. The average Bonchev–Trinajstić information content (AvgIpc) is 2.28. The van der Waals surface area contributed by atoms with E-state index in [9.17, 15) is 4.79 Å². The van der Waals surface area contributed by atoms with Gasteiger partial charge < -0.3 is 4.74 Å². The summed E-state index contributed by atoms with van der Waals surface area (Å²) in [5.74, 6) is 1.42. The molecule has 0 saturated carbocycles. The predicted molar refractivity (Wildman–Crippen MR) is 82.1 cm³/mol. The van der Waals surface area contributed by atoms with Crippen molar-refractivity contribution < 1.29 is 9.53 Å². The fourth-order valence-electron chi connectivity index (χ4n) is 2.21. The number of hydrogen-bond donors (Lipinski definition) is 0. The highest BCUT2D eigenvalue weighted by Gasteiger charge is 2.04. The Morgan fingerprint density at radius 1 is 1.11 bits per heavy atom. The zero-order chi connectivity index (χ0) is 14.7. The van der Waals surface area contributed by atoms with Gasteiger partial charge in [0.25, 0.3) is 0 Å². The van der Waals surface area contributed by atoms with Gasteiger partial charge in [-0.15, -0.1) is 0 Å². The quantitative estimate of drug-likeness (QED) is 0.405. The third kappa shape index (κ3) is 12.0. The van der Waals surface area contributed by atoms with E-state index >= 15 is 0 Å². The van der Waals surface area contributed by atoms with Gasteiger partial charge in [0, 0.05) is 6.08 Å². The number of ether oxygens (including phenoxy) is 1. The van der Waals surface area contributed by atoms with E-state index in [0.717, 1.165) is 23.8 Å². The zero-order valence-electron chi connectivity index (χ0n) is 13.5. The molecule has 0 heterocycles. The van der Waals surface area contributed by atoms with Crippen LogP contribution in [0.2, 0.25) is 0 Å². The van der Waals surface area contributed by atoms with Crippen LogP contribution < -0.4 is 0 Å². The van der Waals surface area contributed by atoms with E-state index in [1.807, 2.05) is 13.8 Å². The van der Waals surface area contributed by atoms with Crippen LogP contribution in [0.25, 0.3) is 0 Å². The molecule has 2 nitrogen and oxygen atoms in total. The highest BCUT2D eigenvalue weighted by atomic mass is 16.5. The molecule has 2 heteroatoms. The predicted octanol–water partition coefficient (Wildman–Crippen LogP) is 5.13. The molecule has 0 aliphatic rings. The van der Waals surface area contributed by atoms with E-state index in [-0.39, 0.29) is 5.97 Å². The minimum absolute atomic E-state index is 0.204. The van der Waals surface area contributed by atoms with Crippen LogP contribution in [0.1, 0.15) is 73.1 Å². The molecule has 0 aromatic carbocycles. The normalized spacial score (nSPS) is 13.7. The molecule has 112 valence electrons. The van der Waals surface area contributed by atoms with Crippen molar-refractivity contribution in [3.8, 4) is 0 Å². The lowest BCUT2D eigenvalue weighted by Crippen LogP contribution is -2.01. The maximum Gasteiger partial charge on any atom is 0.330 e. The van der Waals surface area contributed by atoms with Crippen LogP contribution in [0.4, 0.5) is 0 Å². The summed E-state index contributed by atoms with van der Waals surface area (Å²) in [4.78, 5) is 11.3. The van der Waals surface area contributed by atoms with Crippen molar-refractivity contribution in [2.24, 2.45) is 11.8 Å². The van der Waals surface area contributed by atoms with Gasteiger partial charge in [-0.2, -0.15) is 0 Å². The summed E-state index contributed by atoms with van der Waals surface area (Å²) in [6, 6.07) is 0. The lowest BCUT2D eigenvalue weighted by atomic mass is 9.94. The molecular weight excluding hydrogens is 236 g/mol. The van der Waals surface area contributed by atoms with Crippen LogP contribution in [-0.4, -0.2) is 12.6 Å². The maximum absolute atomic E-state index is 11.3. The third-order valence-electron chi connectivity index (χ3n) is 3.40. The van der Waals surface area contributed by atoms with Crippen LogP contribution in [0, 0.1) is 11.8 Å². The van der Waals surface area contributed by atoms with E-state index in [1.54, 1.807) is 6.08 Å². The first-order chi connectivity index (χ1) is 8.95. The summed E-state index contributed by atoms with van der Waals surface area (Å²) in [6.45, 7) is 11.2. The van der Waals surface area contributed by atoms with Gasteiger partial charge in [0.2, 0.25) is 0 Å². The molecular formula is C17H32O2. The molecule has 0 aromatic rings. The van der Waals surface area contributed by atoms with Gasteiger partial charge in [-0.25, -0.2) is 4.79 Å². The van der Waals surface area contributed by atoms with Gasteiger partial charge in [0.1, 0.15) is 0 Å². The molecule has 0 fully saturated rings. The molecule has 0 rings (SSSR count). The Bertz CT molecular complexity index is 266. The molecule has 0 spiro atoms. The van der Waals surface area contributed by atoms with E-state index < -0.39 is 0 Å². The van der Waals surface area contributed by atoms with Crippen molar-refractivity contribution in [1.82, 2.24) is 0 Å². The second-order valence-electron chi connectivity index (χ2n) is 6.06. The molecule has 0 radical (unpaired) electrons. The monoisotopic (exact) mass is 268 g/mol. The van der Waals surface area contributed by atoms with E-state index in [2.05, 4.69) is 20.8 Å². The highest BCUT2D eigenvalue weighted by Crippen LogP contribution is 2.19. The Kier molecular flexibility index (Phi) is 10.6. The summed E-state index contributed by atoms with van der Waals surface area (Å²) in [5.41, 5.74) is 1.13. The molecule has 0 aliphatic heterocycles. The number of esters is 1. The Hall–Kier alpha value is -0.790. The standard InChI is InChI=1S/C17H32O2/c1-6-19-17(18)13-16(5)12-8-11-15(4)10-7-9-14(2)3/h13-15H,6-12H2,1-5H3/b16-13+/t15-/m1/s1. The second kappa shape index (κ2) is 11.1. The van der Waals surface area contributed by atoms with E-state index in [0.29, 0.717) is 6.61 Å². The summed E-state index contributed by atoms with van der Waals surface area (Å²) >= 11 is 0. The Balaban J connectivity index is 3.68. The summed E-state index contributed by atoms with van der Waals surface area (Å²) in [5, 5.41) is 0. The first-order valence-electron chi connectivity index (χ1n) is 7.79. The Labute approximate surface area is 119 Å². The smallest absolute Gasteiger partial charge is 0.330 e. The summed E-state index contributed by atoms with van der Waals surface area (Å²) < 4.78 is 4.90. The molecule has 1 atom stereocenters. The summed E-state index contributed by atoms with van der Waals surface area (Å²) in [7, 11) is 0. The SMILES string of the molecule is CCOC(=O)/C=C(\C)CCC[C@H](C)CCCC(C)C. The van der Waals surface area contributed by atoms with Gasteiger partial charge in [0.15, 0.2) is 0 Å². The van der Waals surface area contributed by atoms with Crippen molar-refractivity contribution in [2.45, 2.75) is 73.1 Å². The fraction of sp³-hybridized carbons (Fsp3) is 0.824. The molecule has 0 bridgehead atoms. The van der Waals surface area contributed by atoms with Crippen LogP contribution in [0.15, 0.2) is 11.6 Å². The van der Waals surface area contributed by atoms with Gasteiger partial charge >= 0.3 is 5.97 Å². The fourth-order valence-corrected chi connectivity index (χ4v) is 2.21. The minimum atomic E-state index is -0.204. The van der Waals surface area contributed by atoms with Crippen molar-refractivity contribution in [3.05, 3.63) is 11.6 Å². The summed E-state index contributed by atoms with van der Waals surface area (Å²) in [6.07, 6.45) is 9.08. The number of rotatable bonds is 10. The lowest BCUT2D eigenvalue weighted by Gasteiger charge is -2.12. The van der Waals surface area contributed by atoms with Gasteiger partial charge in [-0.05, 0) is 38.5 Å². The topological polar surface area (TPSA) is 26.3 Å². The molecule has 0 aliphatic carbocycles. The number of hydrogen-bond acceptors (Lipinski definition) is 2. The molecule has 0 saturated heterocycles. The van der Waals surface area contributed by atoms with Crippen LogP contribution in [0.5, 0.6) is 0 Å². The molecule has 0 N–H and O–H groups in total. The minimum Gasteiger partial charge on any atom is -0.463 e. The first-order valence-corrected chi connectivity index (χ1v) is 7.79. The molecule has 0 unspecified atom stereocenters.